The molecule has 0 saturated heterocycles. The van der Waals surface area contributed by atoms with Crippen molar-refractivity contribution < 1.29 is 71.4 Å². The molecule has 3 heterocycles. The van der Waals surface area contributed by atoms with Gasteiger partial charge in [0.2, 0.25) is 5.69 Å². The van der Waals surface area contributed by atoms with Crippen molar-refractivity contribution in [3.05, 3.63) is 53.0 Å². The van der Waals surface area contributed by atoms with Crippen LogP contribution in [0.15, 0.2) is 30.6 Å². The molecule has 0 aliphatic carbocycles. The van der Waals surface area contributed by atoms with Gasteiger partial charge in [0.25, 0.3) is 0 Å². The Morgan fingerprint density at radius 1 is 0.765 bits per heavy atom. The molecule has 0 aromatic carbocycles. The summed E-state index contributed by atoms with van der Waals surface area (Å²) >= 11 is 0. The second-order valence-electron chi connectivity index (χ2n) is 6.14. The molecule has 0 unspecified atom stereocenters. The largest absolute Gasteiger partial charge is 0.465 e. The van der Waals surface area contributed by atoms with Gasteiger partial charge < -0.3 is 18.9 Å². The summed E-state index contributed by atoms with van der Waals surface area (Å²) in [4.78, 5) is 50.6. The fourth-order valence-corrected chi connectivity index (χ4v) is 3.15. The number of ether oxygens (including phenoxy) is 4. The van der Waals surface area contributed by atoms with E-state index in [9.17, 15) is 19.2 Å². The number of hydrogen-bond acceptors (Lipinski definition) is 12. The molecule has 3 rings (SSSR count). The first-order valence-corrected chi connectivity index (χ1v) is 10.1. The van der Waals surface area contributed by atoms with Crippen LogP contribution in [0.5, 0.6) is 0 Å². The third-order valence-corrected chi connectivity index (χ3v) is 4.36. The third kappa shape index (κ3) is 5.22. The van der Waals surface area contributed by atoms with Gasteiger partial charge in [-0.1, -0.05) is 6.07 Å². The smallest absolute Gasteiger partial charge is 0.379 e. The van der Waals surface area contributed by atoms with Gasteiger partial charge in [-0.2, -0.15) is 8.80 Å². The number of esters is 4. The second-order valence-corrected chi connectivity index (χ2v) is 6.89. The van der Waals surface area contributed by atoms with E-state index in [0.29, 0.717) is 5.52 Å². The Morgan fingerprint density at radius 2 is 1.24 bits per heavy atom. The van der Waals surface area contributed by atoms with E-state index in [1.54, 1.807) is 28.8 Å². The molecule has 0 fully saturated rings. The lowest BCUT2D eigenvalue weighted by Gasteiger charge is -2.17. The number of pyridine rings is 2. The zero-order valence-corrected chi connectivity index (χ0v) is 18.8. The van der Waals surface area contributed by atoms with E-state index >= 15 is 0 Å². The second kappa shape index (κ2) is 10.4. The molecule has 0 atom stereocenters. The lowest BCUT2D eigenvalue weighted by atomic mass is 9.99. The Morgan fingerprint density at radius 3 is 1.74 bits per heavy atom. The monoisotopic (exact) mass is 500 g/mol. The van der Waals surface area contributed by atoms with Crippen molar-refractivity contribution in [2.45, 2.75) is 0 Å². The van der Waals surface area contributed by atoms with E-state index < -0.39 is 45.2 Å². The molecule has 3 aromatic heterocycles. The fraction of sp³-hybridized carbons (Fsp3) is 0.211. The van der Waals surface area contributed by atoms with Crippen LogP contribution in [0.2, 0.25) is 0 Å². The summed E-state index contributed by atoms with van der Waals surface area (Å²) in [6.45, 7) is 0. The third-order valence-electron chi connectivity index (χ3n) is 4.36. The van der Waals surface area contributed by atoms with Crippen LogP contribution in [0.25, 0.3) is 11.2 Å². The number of aromatic nitrogens is 2. The van der Waals surface area contributed by atoms with E-state index in [-0.39, 0.29) is 16.9 Å². The molecule has 0 N–H and O–H groups in total. The number of nitrogens with zero attached hydrogens (tertiary/aromatic N) is 2. The van der Waals surface area contributed by atoms with E-state index in [1.165, 1.54) is 10.6 Å². The standard InChI is InChI=1S/C19H17N2O8.ClHO4/c1-26-16(22)11-12(17(23)27-2)14(19(25)29-4)21-9-10-7-5-6-8-20(10)15(21)13(11)18(24)28-3;2-1(3,4)5/h5-9H,1-4H3;(H,2,3,4,5)/q+1;/p-1. The summed E-state index contributed by atoms with van der Waals surface area (Å²) in [5.41, 5.74) is -0.818. The van der Waals surface area contributed by atoms with E-state index in [1.807, 2.05) is 0 Å². The zero-order valence-electron chi connectivity index (χ0n) is 18.1. The summed E-state index contributed by atoms with van der Waals surface area (Å²) in [5, 5.41) is 0. The summed E-state index contributed by atoms with van der Waals surface area (Å²) in [7, 11) is -0.539. The maximum Gasteiger partial charge on any atom is 0.379 e. The van der Waals surface area contributed by atoms with Gasteiger partial charge in [0.15, 0.2) is 11.1 Å². The minimum absolute atomic E-state index is 0.112. The van der Waals surface area contributed by atoms with Crippen LogP contribution in [-0.2, 0) is 18.9 Å². The van der Waals surface area contributed by atoms with Gasteiger partial charge in [0, 0.05) is 0 Å². The number of methoxy groups -OCH3 is 4. The molecular weight excluding hydrogens is 484 g/mol. The summed E-state index contributed by atoms with van der Waals surface area (Å²) in [6.07, 6.45) is 3.14. The van der Waals surface area contributed by atoms with E-state index in [0.717, 1.165) is 28.4 Å². The van der Waals surface area contributed by atoms with Crippen molar-refractivity contribution in [3.63, 3.8) is 0 Å². The highest BCUT2D eigenvalue weighted by atomic mass is 35.7. The van der Waals surface area contributed by atoms with Gasteiger partial charge in [0.1, 0.15) is 17.3 Å². The number of halogens is 1. The number of hydrogen-bond donors (Lipinski definition) is 0. The van der Waals surface area contributed by atoms with Crippen molar-refractivity contribution in [2.75, 3.05) is 28.4 Å². The van der Waals surface area contributed by atoms with Crippen LogP contribution >= 0.6 is 0 Å². The molecule has 34 heavy (non-hydrogen) atoms. The molecule has 0 bridgehead atoms. The zero-order chi connectivity index (χ0) is 25.8. The highest BCUT2D eigenvalue weighted by molar-refractivity contribution is 6.15. The molecular formula is C19H17ClN2O12. The van der Waals surface area contributed by atoms with Crippen LogP contribution in [0.4, 0.5) is 0 Å². The highest BCUT2D eigenvalue weighted by Crippen LogP contribution is 2.26. The number of carbonyl (C=O) groups is 4. The summed E-state index contributed by atoms with van der Waals surface area (Å²) in [6, 6.07) is 5.15. The van der Waals surface area contributed by atoms with Crippen LogP contribution in [0.1, 0.15) is 41.6 Å². The molecule has 0 spiro atoms. The molecule has 0 saturated carbocycles. The normalized spacial score (nSPS) is 10.8. The number of carbonyl (C=O) groups excluding carboxylic acids is 4. The van der Waals surface area contributed by atoms with Crippen LogP contribution in [0.3, 0.4) is 0 Å². The Hall–Kier alpha value is -3.82. The average Bonchev–Trinajstić information content (AvgIpc) is 3.18. The Bertz CT molecular complexity index is 1270. The first-order chi connectivity index (χ1) is 15.9. The molecule has 3 aromatic rings. The molecule has 182 valence electrons. The number of imidazole rings is 1. The molecule has 14 nitrogen and oxygen atoms in total. The minimum atomic E-state index is -4.94. The molecule has 0 radical (unpaired) electrons. The summed E-state index contributed by atoms with van der Waals surface area (Å²) in [5.74, 6) is -3.88. The lowest BCUT2D eigenvalue weighted by molar-refractivity contribution is -2.00. The van der Waals surface area contributed by atoms with Crippen molar-refractivity contribution in [2.24, 2.45) is 0 Å². The predicted octanol–water partition coefficient (Wildman–Crippen LogP) is -3.93. The topological polar surface area (TPSA) is 206 Å². The quantitative estimate of drug-likeness (QED) is 0.191. The fourth-order valence-electron chi connectivity index (χ4n) is 3.15. The maximum absolute atomic E-state index is 12.7. The molecule has 0 aliphatic heterocycles. The summed E-state index contributed by atoms with van der Waals surface area (Å²) < 4.78 is 56.1. The van der Waals surface area contributed by atoms with Crippen LogP contribution in [0, 0.1) is 10.2 Å². The van der Waals surface area contributed by atoms with Gasteiger partial charge in [-0.05, 0) is 12.1 Å². The molecule has 0 amide bonds. The lowest BCUT2D eigenvalue weighted by Crippen LogP contribution is -2.68. The first-order valence-electron chi connectivity index (χ1n) is 8.87. The van der Waals surface area contributed by atoms with E-state index in [2.05, 4.69) is 0 Å². The minimum Gasteiger partial charge on any atom is -0.465 e. The Kier molecular flexibility index (Phi) is 8.09. The van der Waals surface area contributed by atoms with Gasteiger partial charge in [-0.3, -0.25) is 0 Å². The average molecular weight is 501 g/mol. The van der Waals surface area contributed by atoms with Crippen LogP contribution in [-0.4, -0.2) is 56.7 Å². The Labute approximate surface area is 192 Å². The van der Waals surface area contributed by atoms with Crippen molar-refractivity contribution in [1.82, 2.24) is 4.40 Å². The van der Waals surface area contributed by atoms with E-state index in [4.69, 9.17) is 37.6 Å². The van der Waals surface area contributed by atoms with Crippen molar-refractivity contribution >= 4 is 35.0 Å². The van der Waals surface area contributed by atoms with Crippen molar-refractivity contribution in [3.8, 4) is 0 Å². The van der Waals surface area contributed by atoms with Gasteiger partial charge in [-0.25, -0.2) is 37.8 Å². The SMILES string of the molecule is COC(=O)c1c(C(=O)OC)c(C(=O)OC)[n+]2cc3ccccn3c2c1C(=O)OC.[O-][Cl+3]([O-])([O-])[O-]. The van der Waals surface area contributed by atoms with Crippen molar-refractivity contribution in [1.29, 1.82) is 0 Å². The maximum atomic E-state index is 12.7. The Balaban J connectivity index is 0.000000739. The number of rotatable bonds is 4. The van der Waals surface area contributed by atoms with Crippen LogP contribution < -0.4 is 23.0 Å². The highest BCUT2D eigenvalue weighted by Gasteiger charge is 2.41. The van der Waals surface area contributed by atoms with Gasteiger partial charge >= 0.3 is 29.5 Å². The van der Waals surface area contributed by atoms with Gasteiger partial charge in [-0.15, -0.1) is 10.2 Å². The predicted molar refractivity (Wildman–Crippen MR) is 95.9 cm³/mol. The molecule has 15 heteroatoms. The first kappa shape index (κ1) is 26.4. The number of fused-ring (bicyclic) bond motifs is 3. The van der Waals surface area contributed by atoms with Gasteiger partial charge in [0.05, 0.1) is 34.6 Å². The molecule has 0 aliphatic rings.